The number of hydrogen-bond acceptors (Lipinski definition) is 6. The summed E-state index contributed by atoms with van der Waals surface area (Å²) in [5, 5.41) is 7.52. The van der Waals surface area contributed by atoms with Gasteiger partial charge in [-0.05, 0) is 54.7 Å². The molecule has 6 nitrogen and oxygen atoms in total. The first-order valence-electron chi connectivity index (χ1n) is 9.30. The Bertz CT molecular complexity index is 1480. The molecule has 0 unspecified atom stereocenters. The summed E-state index contributed by atoms with van der Waals surface area (Å²) in [5.41, 5.74) is 2.54. The van der Waals surface area contributed by atoms with Crippen molar-refractivity contribution in [3.8, 4) is 11.5 Å². The van der Waals surface area contributed by atoms with E-state index in [0.717, 1.165) is 15.6 Å². The molecule has 2 aromatic carbocycles. The van der Waals surface area contributed by atoms with Crippen molar-refractivity contribution in [1.82, 2.24) is 15.3 Å². The summed E-state index contributed by atoms with van der Waals surface area (Å²) in [4.78, 5) is 21.7. The topological polar surface area (TPSA) is 80.0 Å². The smallest absolute Gasteiger partial charge is 0.269 e. The van der Waals surface area contributed by atoms with Gasteiger partial charge < -0.3 is 9.73 Å². The monoisotopic (exact) mass is 498 g/mol. The molecule has 2 N–H and O–H groups in total. The third-order valence-electron chi connectivity index (χ3n) is 4.56. The number of amides is 1. The number of rotatable bonds is 3. The molecule has 0 aliphatic carbocycles. The third kappa shape index (κ3) is 4.05. The summed E-state index contributed by atoms with van der Waals surface area (Å²) in [7, 11) is 0. The highest BCUT2D eigenvalue weighted by Gasteiger charge is 2.18. The normalized spacial score (nSPS) is 11.1. The number of anilines is 1. The second kappa shape index (κ2) is 8.48. The number of nitrogens with zero attached hydrogens (tertiary/aromatic N) is 2. The molecule has 0 atom stereocenters. The molecule has 32 heavy (non-hydrogen) atoms. The van der Waals surface area contributed by atoms with Crippen molar-refractivity contribution < 1.29 is 9.21 Å². The van der Waals surface area contributed by atoms with Crippen LogP contribution < -0.4 is 10.6 Å². The number of thiophene rings is 1. The van der Waals surface area contributed by atoms with E-state index in [-0.39, 0.29) is 5.11 Å². The molecule has 1 amide bonds. The fraction of sp³-hybridized carbons (Fsp3) is 0. The fourth-order valence-electron chi connectivity index (χ4n) is 3.13. The van der Waals surface area contributed by atoms with E-state index in [0.29, 0.717) is 37.7 Å². The molecule has 5 rings (SSSR count). The summed E-state index contributed by atoms with van der Waals surface area (Å²) in [6.07, 6.45) is 1.66. The predicted octanol–water partition coefficient (Wildman–Crippen LogP) is 6.54. The quantitative estimate of drug-likeness (QED) is 0.275. The molecule has 0 spiro atoms. The van der Waals surface area contributed by atoms with Crippen LogP contribution in [0.25, 0.3) is 32.8 Å². The van der Waals surface area contributed by atoms with E-state index in [1.807, 2.05) is 24.3 Å². The lowest BCUT2D eigenvalue weighted by molar-refractivity contribution is 0.0982. The molecule has 3 heterocycles. The van der Waals surface area contributed by atoms with Crippen LogP contribution in [0, 0.1) is 0 Å². The lowest BCUT2D eigenvalue weighted by atomic mass is 10.2. The van der Waals surface area contributed by atoms with Crippen LogP contribution in [0.15, 0.2) is 65.2 Å². The number of aromatic nitrogens is 2. The number of pyridine rings is 1. The number of thiocarbonyl (C=S) groups is 1. The number of carbonyl (C=O) groups excluding carboxylic acids is 1. The van der Waals surface area contributed by atoms with Crippen LogP contribution in [-0.2, 0) is 0 Å². The zero-order chi connectivity index (χ0) is 22.2. The summed E-state index contributed by atoms with van der Waals surface area (Å²) in [6, 6.07) is 16.2. The van der Waals surface area contributed by atoms with Gasteiger partial charge in [0, 0.05) is 32.6 Å². The maximum absolute atomic E-state index is 12.7. The molecule has 3 aromatic heterocycles. The van der Waals surface area contributed by atoms with Gasteiger partial charge in [-0.3, -0.25) is 10.1 Å². The number of hydrogen-bond donors (Lipinski definition) is 2. The van der Waals surface area contributed by atoms with Gasteiger partial charge in [-0.15, -0.1) is 11.3 Å². The largest absolute Gasteiger partial charge is 0.434 e. The molecule has 0 fully saturated rings. The Morgan fingerprint density at radius 2 is 1.97 bits per heavy atom. The van der Waals surface area contributed by atoms with Gasteiger partial charge in [0.05, 0.1) is 5.02 Å². The van der Waals surface area contributed by atoms with E-state index in [4.69, 9.17) is 39.8 Å². The Morgan fingerprint density at radius 3 is 2.81 bits per heavy atom. The minimum atomic E-state index is -0.397. The van der Waals surface area contributed by atoms with Gasteiger partial charge in [0.1, 0.15) is 4.88 Å². The van der Waals surface area contributed by atoms with E-state index in [2.05, 4.69) is 20.6 Å². The van der Waals surface area contributed by atoms with Gasteiger partial charge in [-0.1, -0.05) is 35.3 Å². The van der Waals surface area contributed by atoms with Crippen LogP contribution in [0.5, 0.6) is 0 Å². The Morgan fingerprint density at radius 1 is 1.09 bits per heavy atom. The van der Waals surface area contributed by atoms with E-state index in [1.54, 1.807) is 36.5 Å². The van der Waals surface area contributed by atoms with Gasteiger partial charge >= 0.3 is 0 Å². The van der Waals surface area contributed by atoms with Gasteiger partial charge in [0.25, 0.3) is 5.91 Å². The van der Waals surface area contributed by atoms with Crippen molar-refractivity contribution in [2.75, 3.05) is 5.32 Å². The third-order valence-corrected chi connectivity index (χ3v) is 6.65. The second-order valence-electron chi connectivity index (χ2n) is 6.72. The highest BCUT2D eigenvalue weighted by Crippen LogP contribution is 2.36. The molecule has 0 saturated heterocycles. The molecule has 0 aliphatic heterocycles. The summed E-state index contributed by atoms with van der Waals surface area (Å²) >= 11 is 19.0. The molecule has 0 radical (unpaired) electrons. The van der Waals surface area contributed by atoms with Crippen LogP contribution >= 0.6 is 46.8 Å². The van der Waals surface area contributed by atoms with Crippen molar-refractivity contribution in [3.63, 3.8) is 0 Å². The lowest BCUT2D eigenvalue weighted by Gasteiger charge is -2.09. The minimum absolute atomic E-state index is 0.137. The Labute approximate surface area is 201 Å². The minimum Gasteiger partial charge on any atom is -0.434 e. The molecular weight excluding hydrogens is 487 g/mol. The number of carbonyl (C=O) groups is 1. The summed E-state index contributed by atoms with van der Waals surface area (Å²) in [6.45, 7) is 0. The summed E-state index contributed by atoms with van der Waals surface area (Å²) < 4.78 is 6.59. The van der Waals surface area contributed by atoms with E-state index < -0.39 is 5.91 Å². The molecule has 10 heteroatoms. The van der Waals surface area contributed by atoms with Crippen LogP contribution in [-0.4, -0.2) is 21.0 Å². The molecule has 0 bridgehead atoms. The van der Waals surface area contributed by atoms with Gasteiger partial charge in [0.15, 0.2) is 16.3 Å². The zero-order valence-corrected chi connectivity index (χ0v) is 19.2. The van der Waals surface area contributed by atoms with Gasteiger partial charge in [-0.2, -0.15) is 4.98 Å². The molecular formula is C22H12Cl2N4O2S2. The van der Waals surface area contributed by atoms with Crippen LogP contribution in [0.2, 0.25) is 10.0 Å². The molecule has 158 valence electrons. The lowest BCUT2D eigenvalue weighted by Crippen LogP contribution is -2.33. The Kier molecular flexibility index (Phi) is 5.52. The van der Waals surface area contributed by atoms with Crippen molar-refractivity contribution in [2.24, 2.45) is 0 Å². The Balaban J connectivity index is 1.33. The average molecular weight is 499 g/mol. The molecule has 0 saturated carbocycles. The van der Waals surface area contributed by atoms with Crippen molar-refractivity contribution in [1.29, 1.82) is 0 Å². The molecule has 5 aromatic rings. The van der Waals surface area contributed by atoms with Crippen molar-refractivity contribution in [2.45, 2.75) is 0 Å². The number of fused-ring (bicyclic) bond motifs is 2. The SMILES string of the molecule is O=C(NC(=S)Nc1cccc(-c2nc3ncccc3o2)c1)c1sc2cc(Cl)ccc2c1Cl. The molecule has 0 aliphatic rings. The highest BCUT2D eigenvalue weighted by molar-refractivity contribution is 7.80. The number of oxazole rings is 1. The maximum atomic E-state index is 12.7. The first-order valence-corrected chi connectivity index (χ1v) is 11.3. The second-order valence-corrected chi connectivity index (χ2v) is 8.99. The highest BCUT2D eigenvalue weighted by atomic mass is 35.5. The maximum Gasteiger partial charge on any atom is 0.269 e. The summed E-state index contributed by atoms with van der Waals surface area (Å²) in [5.74, 6) is 0.0408. The Hall–Kier alpha value is -3.04. The number of nitrogens with one attached hydrogen (secondary N) is 2. The van der Waals surface area contributed by atoms with Gasteiger partial charge in [-0.25, -0.2) is 4.98 Å². The van der Waals surface area contributed by atoms with Crippen LogP contribution in [0.1, 0.15) is 9.67 Å². The standard InChI is InChI=1S/C22H12Cl2N4O2S2/c23-12-6-7-14-16(10-12)32-18(17(14)24)20(29)28-22(31)26-13-4-1-3-11(9-13)21-27-19-15(30-21)5-2-8-25-19/h1-10H,(H2,26,28,29,31). The van der Waals surface area contributed by atoms with Crippen molar-refractivity contribution >= 4 is 84.8 Å². The number of benzene rings is 2. The predicted molar refractivity (Wildman–Crippen MR) is 133 cm³/mol. The zero-order valence-electron chi connectivity index (χ0n) is 16.1. The van der Waals surface area contributed by atoms with Crippen molar-refractivity contribution in [3.05, 3.63) is 75.7 Å². The van der Waals surface area contributed by atoms with Gasteiger partial charge in [0.2, 0.25) is 5.89 Å². The first-order chi connectivity index (χ1) is 15.5. The number of halogens is 2. The fourth-order valence-corrected chi connectivity index (χ4v) is 5.03. The van der Waals surface area contributed by atoms with E-state index in [9.17, 15) is 4.79 Å². The van der Waals surface area contributed by atoms with E-state index in [1.165, 1.54) is 11.3 Å². The first kappa shape index (κ1) is 20.8. The van der Waals surface area contributed by atoms with E-state index >= 15 is 0 Å². The van der Waals surface area contributed by atoms with Crippen LogP contribution in [0.4, 0.5) is 5.69 Å². The average Bonchev–Trinajstić information content (AvgIpc) is 3.35. The van der Waals surface area contributed by atoms with Crippen LogP contribution in [0.3, 0.4) is 0 Å².